The van der Waals surface area contributed by atoms with E-state index < -0.39 is 9.84 Å². The van der Waals surface area contributed by atoms with Crippen LogP contribution in [0.25, 0.3) is 11.3 Å². The van der Waals surface area contributed by atoms with Crippen molar-refractivity contribution in [3.05, 3.63) is 47.1 Å². The topological polar surface area (TPSA) is 47.0 Å². The highest BCUT2D eigenvalue weighted by atomic mass is 35.5. The second kappa shape index (κ2) is 5.31. The highest BCUT2D eigenvalue weighted by molar-refractivity contribution is 7.90. The number of nitrogens with zero attached hydrogens (tertiary/aromatic N) is 1. The lowest BCUT2D eigenvalue weighted by atomic mass is 10.1. The zero-order chi connectivity index (χ0) is 14.0. The number of hydrogen-bond donors (Lipinski definition) is 0. The van der Waals surface area contributed by atoms with Gasteiger partial charge in [-0.1, -0.05) is 24.6 Å². The predicted molar refractivity (Wildman–Crippen MR) is 77.2 cm³/mol. The molecule has 2 aromatic rings. The fourth-order valence-corrected chi connectivity index (χ4v) is 2.62. The van der Waals surface area contributed by atoms with Crippen LogP contribution in [0, 0.1) is 0 Å². The van der Waals surface area contributed by atoms with E-state index in [9.17, 15) is 8.42 Å². The molecule has 5 heteroatoms. The first-order valence-corrected chi connectivity index (χ1v) is 8.14. The Labute approximate surface area is 118 Å². The van der Waals surface area contributed by atoms with E-state index >= 15 is 0 Å². The van der Waals surface area contributed by atoms with Crippen LogP contribution < -0.4 is 0 Å². The average molecular weight is 296 g/mol. The van der Waals surface area contributed by atoms with Gasteiger partial charge in [0.1, 0.15) is 0 Å². The Balaban J connectivity index is 2.61. The molecule has 1 aromatic carbocycles. The zero-order valence-electron chi connectivity index (χ0n) is 10.7. The van der Waals surface area contributed by atoms with Crippen molar-refractivity contribution in [1.29, 1.82) is 0 Å². The number of aromatic nitrogens is 1. The molecule has 100 valence electrons. The van der Waals surface area contributed by atoms with Crippen LogP contribution in [0.15, 0.2) is 41.3 Å². The summed E-state index contributed by atoms with van der Waals surface area (Å²) in [6.45, 7) is 2.01. The number of pyridine rings is 1. The molecule has 0 radical (unpaired) electrons. The standard InChI is InChI=1S/C14H14ClNO2S/c1-3-10-5-4-6-14(16-10)12-9-11(19(2,17)18)7-8-13(12)15/h4-9H,3H2,1-2H3. The van der Waals surface area contributed by atoms with Gasteiger partial charge in [0, 0.05) is 17.5 Å². The maximum Gasteiger partial charge on any atom is 0.175 e. The minimum atomic E-state index is -3.25. The van der Waals surface area contributed by atoms with Crippen molar-refractivity contribution in [3.63, 3.8) is 0 Å². The van der Waals surface area contributed by atoms with Crippen LogP contribution >= 0.6 is 11.6 Å². The third kappa shape index (κ3) is 3.14. The quantitative estimate of drug-likeness (QED) is 0.872. The molecule has 0 unspecified atom stereocenters. The molecule has 2 rings (SSSR count). The lowest BCUT2D eigenvalue weighted by Crippen LogP contribution is -1.98. The Bertz CT molecular complexity index is 711. The second-order valence-electron chi connectivity index (χ2n) is 4.28. The summed E-state index contributed by atoms with van der Waals surface area (Å²) in [5.41, 5.74) is 2.27. The van der Waals surface area contributed by atoms with E-state index in [1.807, 2.05) is 25.1 Å². The average Bonchev–Trinajstić information content (AvgIpc) is 2.38. The number of sulfone groups is 1. The SMILES string of the molecule is CCc1cccc(-c2cc(S(C)(=O)=O)ccc2Cl)n1. The van der Waals surface area contributed by atoms with Crippen molar-refractivity contribution >= 4 is 21.4 Å². The third-order valence-electron chi connectivity index (χ3n) is 2.81. The molecule has 0 spiro atoms. The Morgan fingerprint density at radius 2 is 1.95 bits per heavy atom. The molecule has 0 aliphatic heterocycles. The van der Waals surface area contributed by atoms with E-state index in [0.717, 1.165) is 12.1 Å². The van der Waals surface area contributed by atoms with Gasteiger partial charge in [0.15, 0.2) is 9.84 Å². The third-order valence-corrected chi connectivity index (χ3v) is 4.25. The summed E-state index contributed by atoms with van der Waals surface area (Å²) in [6, 6.07) is 10.3. The lowest BCUT2D eigenvalue weighted by Gasteiger charge is -2.07. The monoisotopic (exact) mass is 295 g/mol. The van der Waals surface area contributed by atoms with Crippen molar-refractivity contribution in [2.45, 2.75) is 18.2 Å². The van der Waals surface area contributed by atoms with Gasteiger partial charge in [-0.25, -0.2) is 8.42 Å². The molecule has 0 atom stereocenters. The van der Waals surface area contributed by atoms with Gasteiger partial charge in [-0.3, -0.25) is 4.98 Å². The van der Waals surface area contributed by atoms with Gasteiger partial charge >= 0.3 is 0 Å². The molecule has 0 aliphatic carbocycles. The van der Waals surface area contributed by atoms with Gasteiger partial charge < -0.3 is 0 Å². The summed E-state index contributed by atoms with van der Waals surface area (Å²) in [5.74, 6) is 0. The maximum atomic E-state index is 11.6. The number of halogens is 1. The van der Waals surface area contributed by atoms with Gasteiger partial charge in [-0.15, -0.1) is 0 Å². The number of aryl methyl sites for hydroxylation is 1. The van der Waals surface area contributed by atoms with Gasteiger partial charge in [-0.05, 0) is 36.8 Å². The summed E-state index contributed by atoms with van der Waals surface area (Å²) in [7, 11) is -3.25. The minimum absolute atomic E-state index is 0.246. The van der Waals surface area contributed by atoms with Gasteiger partial charge in [0.2, 0.25) is 0 Å². The Hall–Kier alpha value is -1.39. The molecule has 19 heavy (non-hydrogen) atoms. The summed E-state index contributed by atoms with van der Waals surface area (Å²) >= 11 is 6.14. The molecule has 0 amide bonds. The molecule has 0 saturated carbocycles. The van der Waals surface area contributed by atoms with Crippen LogP contribution in [0.1, 0.15) is 12.6 Å². The van der Waals surface area contributed by atoms with Crippen LogP contribution in [0.3, 0.4) is 0 Å². The first-order valence-electron chi connectivity index (χ1n) is 5.87. The number of rotatable bonds is 3. The summed E-state index contributed by atoms with van der Waals surface area (Å²) in [4.78, 5) is 4.71. The summed E-state index contributed by atoms with van der Waals surface area (Å²) in [6.07, 6.45) is 1.99. The first-order chi connectivity index (χ1) is 8.91. The highest BCUT2D eigenvalue weighted by Crippen LogP contribution is 2.29. The van der Waals surface area contributed by atoms with Crippen LogP contribution in [0.4, 0.5) is 0 Å². The molecule has 0 saturated heterocycles. The maximum absolute atomic E-state index is 11.6. The van der Waals surface area contributed by atoms with Crippen molar-refractivity contribution in [2.75, 3.05) is 6.26 Å². The summed E-state index contributed by atoms with van der Waals surface area (Å²) < 4.78 is 23.2. The Kier molecular flexibility index (Phi) is 3.92. The van der Waals surface area contributed by atoms with E-state index in [4.69, 9.17) is 11.6 Å². The molecule has 0 aliphatic rings. The van der Waals surface area contributed by atoms with E-state index in [-0.39, 0.29) is 4.90 Å². The first kappa shape index (κ1) is 14.0. The second-order valence-corrected chi connectivity index (χ2v) is 6.70. The molecular formula is C14H14ClNO2S. The fraction of sp³-hybridized carbons (Fsp3) is 0.214. The molecule has 0 bridgehead atoms. The van der Waals surface area contributed by atoms with Gasteiger partial charge in [0.05, 0.1) is 15.6 Å². The smallest absolute Gasteiger partial charge is 0.175 e. The number of hydrogen-bond acceptors (Lipinski definition) is 3. The number of benzene rings is 1. The van der Waals surface area contributed by atoms with Crippen molar-refractivity contribution in [1.82, 2.24) is 4.98 Å². The predicted octanol–water partition coefficient (Wildman–Crippen LogP) is 3.37. The molecular weight excluding hydrogens is 282 g/mol. The van der Waals surface area contributed by atoms with Crippen LogP contribution in [-0.2, 0) is 16.3 Å². The van der Waals surface area contributed by atoms with Gasteiger partial charge in [-0.2, -0.15) is 0 Å². The van der Waals surface area contributed by atoms with E-state index in [1.165, 1.54) is 12.3 Å². The zero-order valence-corrected chi connectivity index (χ0v) is 12.3. The van der Waals surface area contributed by atoms with E-state index in [2.05, 4.69) is 4.98 Å². The molecule has 1 aromatic heterocycles. The molecule has 1 heterocycles. The van der Waals surface area contributed by atoms with Crippen molar-refractivity contribution in [2.24, 2.45) is 0 Å². The van der Waals surface area contributed by atoms with Crippen LogP contribution in [0.5, 0.6) is 0 Å². The lowest BCUT2D eigenvalue weighted by molar-refractivity contribution is 0.602. The Morgan fingerprint density at radius 1 is 1.21 bits per heavy atom. The van der Waals surface area contributed by atoms with Crippen LogP contribution in [-0.4, -0.2) is 19.7 Å². The normalized spacial score (nSPS) is 11.5. The molecule has 3 nitrogen and oxygen atoms in total. The van der Waals surface area contributed by atoms with Crippen molar-refractivity contribution in [3.8, 4) is 11.3 Å². The Morgan fingerprint density at radius 3 is 2.58 bits per heavy atom. The summed E-state index contributed by atoms with van der Waals surface area (Å²) in [5, 5.41) is 0.494. The van der Waals surface area contributed by atoms with E-state index in [0.29, 0.717) is 16.3 Å². The fourth-order valence-electron chi connectivity index (χ4n) is 1.76. The molecule has 0 fully saturated rings. The largest absolute Gasteiger partial charge is 0.253 e. The van der Waals surface area contributed by atoms with E-state index in [1.54, 1.807) is 12.1 Å². The van der Waals surface area contributed by atoms with Crippen LogP contribution in [0.2, 0.25) is 5.02 Å². The highest BCUT2D eigenvalue weighted by Gasteiger charge is 2.12. The molecule has 0 N–H and O–H groups in total. The van der Waals surface area contributed by atoms with Gasteiger partial charge in [0.25, 0.3) is 0 Å². The minimum Gasteiger partial charge on any atom is -0.253 e. The van der Waals surface area contributed by atoms with Crippen molar-refractivity contribution < 1.29 is 8.42 Å².